The van der Waals surface area contributed by atoms with Gasteiger partial charge in [0.2, 0.25) is 5.41 Å². The van der Waals surface area contributed by atoms with Crippen LogP contribution in [0.2, 0.25) is 0 Å². The second-order valence-electron chi connectivity index (χ2n) is 23.5. The summed E-state index contributed by atoms with van der Waals surface area (Å²) in [6, 6.07) is 51.6. The number of aromatic nitrogens is 2. The first kappa shape index (κ1) is 54.9. The van der Waals surface area contributed by atoms with Crippen LogP contribution in [0.4, 0.5) is 26.3 Å². The largest absolute Gasteiger partial charge is 0.411 e. The summed E-state index contributed by atoms with van der Waals surface area (Å²) in [5, 5.41) is 3.62. The highest BCUT2D eigenvalue weighted by atomic mass is 19.4. The van der Waals surface area contributed by atoms with Crippen molar-refractivity contribution in [1.82, 2.24) is 9.13 Å². The van der Waals surface area contributed by atoms with E-state index < -0.39 is 28.9 Å². The van der Waals surface area contributed by atoms with Crippen LogP contribution in [-0.2, 0) is 5.41 Å². The molecular weight excluding hydrogens is 1040 g/mol. The summed E-state index contributed by atoms with van der Waals surface area (Å²) in [4.78, 5) is 0. The zero-order valence-corrected chi connectivity index (χ0v) is 48.8. The van der Waals surface area contributed by atoms with Crippen molar-refractivity contribution in [2.45, 2.75) is 101 Å². The van der Waals surface area contributed by atoms with Gasteiger partial charge in [-0.25, -0.2) is 0 Å². The number of fused-ring (bicyclic) bond motifs is 6. The molecule has 0 atom stereocenters. The molecule has 0 fully saturated rings. The summed E-state index contributed by atoms with van der Waals surface area (Å²) in [7, 11) is 0. The maximum Gasteiger partial charge on any atom is 0.411 e. The third-order valence-electron chi connectivity index (χ3n) is 17.4. The number of rotatable bonds is 8. The van der Waals surface area contributed by atoms with E-state index in [4.69, 9.17) is 0 Å². The van der Waals surface area contributed by atoms with Crippen molar-refractivity contribution in [1.29, 1.82) is 0 Å². The molecule has 0 aliphatic carbocycles. The fourth-order valence-electron chi connectivity index (χ4n) is 14.5. The van der Waals surface area contributed by atoms with Gasteiger partial charge >= 0.3 is 12.4 Å². The number of hydrogen-bond acceptors (Lipinski definition) is 0. The van der Waals surface area contributed by atoms with Crippen LogP contribution in [0, 0.1) is 83.1 Å². The topological polar surface area (TPSA) is 9.86 Å². The molecule has 0 spiro atoms. The Balaban J connectivity index is 1.00. The normalized spacial score (nSPS) is 12.5. The fourth-order valence-corrected chi connectivity index (χ4v) is 14.5. The molecule has 83 heavy (non-hydrogen) atoms. The Bertz CT molecular complexity index is 4020. The molecule has 2 nitrogen and oxygen atoms in total. The van der Waals surface area contributed by atoms with Crippen LogP contribution in [0.1, 0.15) is 77.9 Å². The van der Waals surface area contributed by atoms with Crippen molar-refractivity contribution >= 4 is 43.6 Å². The van der Waals surface area contributed by atoms with E-state index in [1.165, 1.54) is 24.3 Å². The number of nitrogens with zero attached hydrogens (tertiary/aromatic N) is 2. The molecule has 2 heterocycles. The lowest BCUT2D eigenvalue weighted by Crippen LogP contribution is -2.54. The molecule has 0 bridgehead atoms. The Kier molecular flexibility index (Phi) is 13.1. The van der Waals surface area contributed by atoms with Crippen LogP contribution >= 0.6 is 0 Å². The number of alkyl halides is 6. The van der Waals surface area contributed by atoms with Gasteiger partial charge in [-0.2, -0.15) is 26.3 Å². The van der Waals surface area contributed by atoms with E-state index in [-0.39, 0.29) is 0 Å². The van der Waals surface area contributed by atoms with Crippen LogP contribution in [0.15, 0.2) is 170 Å². The first-order valence-corrected chi connectivity index (χ1v) is 28.2. The van der Waals surface area contributed by atoms with Gasteiger partial charge in [0.25, 0.3) is 0 Å². The molecule has 0 aliphatic heterocycles. The lowest BCUT2D eigenvalue weighted by atomic mass is 9.73. The predicted molar refractivity (Wildman–Crippen MR) is 333 cm³/mol. The molecule has 8 heteroatoms. The minimum absolute atomic E-state index is 0.423. The molecule has 10 aromatic carbocycles. The molecule has 0 N–H and O–H groups in total. The number of benzene rings is 10. The van der Waals surface area contributed by atoms with E-state index in [1.54, 1.807) is 0 Å². The summed E-state index contributed by atoms with van der Waals surface area (Å²) in [6.45, 7) is 25.1. The molecule has 0 unspecified atom stereocenters. The molecule has 0 saturated carbocycles. The summed E-state index contributed by atoms with van der Waals surface area (Å²) in [5.41, 5.74) is 19.8. The van der Waals surface area contributed by atoms with Gasteiger partial charge in [-0.3, -0.25) is 0 Å². The van der Waals surface area contributed by atoms with Gasteiger partial charge in [0.15, 0.2) is 0 Å². The lowest BCUT2D eigenvalue weighted by Gasteiger charge is -2.38. The molecule has 0 aliphatic rings. The maximum absolute atomic E-state index is 16.1. The second-order valence-corrected chi connectivity index (χ2v) is 23.5. The summed E-state index contributed by atoms with van der Waals surface area (Å²) in [5.74, 6) is 0. The van der Waals surface area contributed by atoms with Gasteiger partial charge in [0.05, 0.1) is 22.1 Å². The predicted octanol–water partition coefficient (Wildman–Crippen LogP) is 21.7. The van der Waals surface area contributed by atoms with Crippen LogP contribution in [0.3, 0.4) is 0 Å². The van der Waals surface area contributed by atoms with E-state index in [9.17, 15) is 0 Å². The third kappa shape index (κ3) is 8.86. The van der Waals surface area contributed by atoms with Gasteiger partial charge in [-0.15, -0.1) is 0 Å². The minimum atomic E-state index is -5.80. The molecule has 416 valence electrons. The zero-order chi connectivity index (χ0) is 58.9. The van der Waals surface area contributed by atoms with Gasteiger partial charge in [0, 0.05) is 32.9 Å². The molecular formula is C75H64F6N2. The average Bonchev–Trinajstić information content (AvgIpc) is 3.27. The number of hydrogen-bond donors (Lipinski definition) is 0. The Morgan fingerprint density at radius 2 is 0.458 bits per heavy atom. The number of aryl methyl sites for hydroxylation is 12. The number of halogens is 6. The molecule has 0 saturated heterocycles. The SMILES string of the molecule is Cc1cc(C)c(-c2ccc3c(c2)c2cc(-c4c(C)cc(C)cc4C)ccc2n3-c2ccc(C(c3ccc(-n4c5ccc(-c6c(C)cc(C)cc6C)cc5c5cc(-c6c(C)cc(C)cc6C)ccc54)cc3)(C(F)(F)F)C(F)(F)F)cc2)c(C)c1. The van der Waals surface area contributed by atoms with Gasteiger partial charge in [-0.1, -0.05) is 119 Å². The van der Waals surface area contributed by atoms with Crippen LogP contribution in [0.25, 0.3) is 99.5 Å². The Hall–Kier alpha value is -8.62. The maximum atomic E-state index is 16.1. The van der Waals surface area contributed by atoms with Crippen LogP contribution in [-0.4, -0.2) is 21.5 Å². The fraction of sp³-hybridized carbons (Fsp3) is 0.200. The highest BCUT2D eigenvalue weighted by molar-refractivity contribution is 6.13. The molecule has 0 amide bonds. The lowest BCUT2D eigenvalue weighted by molar-refractivity contribution is -0.288. The highest BCUT2D eigenvalue weighted by Crippen LogP contribution is 2.57. The van der Waals surface area contributed by atoms with E-state index in [0.717, 1.165) is 179 Å². The molecule has 12 rings (SSSR count). The minimum Gasteiger partial charge on any atom is -0.309 e. The molecule has 12 aromatic rings. The van der Waals surface area contributed by atoms with Gasteiger partial charge in [-0.05, 0) is 256 Å². The van der Waals surface area contributed by atoms with Crippen molar-refractivity contribution in [3.05, 3.63) is 248 Å². The van der Waals surface area contributed by atoms with Crippen molar-refractivity contribution in [3.8, 4) is 55.9 Å². The van der Waals surface area contributed by atoms with E-state index in [1.807, 2.05) is 57.7 Å². The van der Waals surface area contributed by atoms with E-state index in [0.29, 0.717) is 11.4 Å². The quantitative estimate of drug-likeness (QED) is 0.134. The van der Waals surface area contributed by atoms with Crippen LogP contribution in [0.5, 0.6) is 0 Å². The monoisotopic (exact) mass is 1110 g/mol. The summed E-state index contributed by atoms with van der Waals surface area (Å²) in [6.07, 6.45) is -11.6. The van der Waals surface area contributed by atoms with Crippen molar-refractivity contribution in [2.24, 2.45) is 0 Å². The van der Waals surface area contributed by atoms with Crippen molar-refractivity contribution < 1.29 is 26.3 Å². The van der Waals surface area contributed by atoms with Gasteiger partial charge in [0.1, 0.15) is 0 Å². The molecule has 0 radical (unpaired) electrons. The summed E-state index contributed by atoms with van der Waals surface area (Å²) >= 11 is 0. The average molecular weight is 1110 g/mol. The Morgan fingerprint density at radius 1 is 0.253 bits per heavy atom. The van der Waals surface area contributed by atoms with E-state index >= 15 is 26.3 Å². The third-order valence-corrected chi connectivity index (χ3v) is 17.4. The van der Waals surface area contributed by atoms with Crippen LogP contribution < -0.4 is 0 Å². The standard InChI is InChI=1S/C75H64F6N2/c1-41-29-45(5)69(46(6)30-41)53-13-25-65-61(37-53)62-38-54(70-47(7)31-42(2)32-48(70)8)14-26-66(62)82(65)59-21-17-57(18-22-59)73(74(76,77)78,75(79,80)81)58-19-23-60(24-20-58)83-67-27-15-55(71-49(9)33-43(3)34-50(71)10)39-63(67)64-40-56(16-28-68(64)83)72-51(11)35-44(4)36-52(72)12/h13-40H,1-12H3. The Labute approximate surface area is 481 Å². The van der Waals surface area contributed by atoms with Crippen molar-refractivity contribution in [3.63, 3.8) is 0 Å². The van der Waals surface area contributed by atoms with Crippen molar-refractivity contribution in [2.75, 3.05) is 0 Å². The highest BCUT2D eigenvalue weighted by Gasteiger charge is 2.72. The first-order valence-electron chi connectivity index (χ1n) is 28.2. The Morgan fingerprint density at radius 3 is 0.651 bits per heavy atom. The van der Waals surface area contributed by atoms with Gasteiger partial charge < -0.3 is 9.13 Å². The summed E-state index contributed by atoms with van der Waals surface area (Å²) < 4.78 is 101. The smallest absolute Gasteiger partial charge is 0.309 e. The second kappa shape index (κ2) is 19.8. The zero-order valence-electron chi connectivity index (χ0n) is 48.8. The first-order chi connectivity index (χ1) is 39.3. The molecule has 2 aromatic heterocycles. The van der Waals surface area contributed by atoms with E-state index in [2.05, 4.69) is 156 Å².